The molecule has 0 atom stereocenters. The van der Waals surface area contributed by atoms with Crippen molar-refractivity contribution in [2.45, 2.75) is 59.3 Å². The number of hydrogen-bond donors (Lipinski definition) is 0. The molecule has 1 aliphatic heterocycles. The van der Waals surface area contributed by atoms with E-state index in [0.717, 1.165) is 52.3 Å². The molecule has 1 saturated carbocycles. The van der Waals surface area contributed by atoms with E-state index in [9.17, 15) is 4.39 Å². The van der Waals surface area contributed by atoms with Crippen molar-refractivity contribution < 1.29 is 4.39 Å². The Morgan fingerprint density at radius 1 is 1.12 bits per heavy atom. The average Bonchev–Trinajstić information content (AvgIpc) is 3.48. The van der Waals surface area contributed by atoms with Gasteiger partial charge in [0, 0.05) is 54.3 Å². The summed E-state index contributed by atoms with van der Waals surface area (Å²) in [7, 11) is 2.05. The molecule has 0 bridgehead atoms. The number of benzene rings is 1. The maximum Gasteiger partial charge on any atom is 0.132 e. The fourth-order valence-electron chi connectivity index (χ4n) is 5.28. The molecule has 0 saturated heterocycles. The Kier molecular flexibility index (Phi) is 5.15. The summed E-state index contributed by atoms with van der Waals surface area (Å²) in [5.74, 6) is 0. The van der Waals surface area contributed by atoms with Gasteiger partial charge in [-0.1, -0.05) is 38.5 Å². The molecule has 0 radical (unpaired) electrons. The molecule has 2 aliphatic rings. The average molecular weight is 431 g/mol. The minimum Gasteiger partial charge on any atom is -0.370 e. The first-order chi connectivity index (χ1) is 15.4. The van der Waals surface area contributed by atoms with Gasteiger partial charge >= 0.3 is 0 Å². The molecule has 1 aliphatic carbocycles. The number of nitrogens with zero attached hydrogens (tertiary/aromatic N) is 4. The zero-order valence-corrected chi connectivity index (χ0v) is 19.3. The second-order valence-corrected chi connectivity index (χ2v) is 9.90. The number of aryl methyl sites for hydroxylation is 1. The first-order valence-corrected chi connectivity index (χ1v) is 11.5. The van der Waals surface area contributed by atoms with Gasteiger partial charge in [-0.3, -0.25) is 4.68 Å². The van der Waals surface area contributed by atoms with E-state index >= 15 is 0 Å². The van der Waals surface area contributed by atoms with E-state index in [1.54, 1.807) is 0 Å². The van der Waals surface area contributed by atoms with Crippen molar-refractivity contribution >= 4 is 5.70 Å². The minimum atomic E-state index is -0.572. The van der Waals surface area contributed by atoms with Crippen molar-refractivity contribution in [3.05, 3.63) is 65.6 Å². The number of alkyl halides is 1. The van der Waals surface area contributed by atoms with E-state index in [2.05, 4.69) is 65.7 Å². The van der Waals surface area contributed by atoms with Crippen LogP contribution in [0, 0.1) is 12.3 Å². The van der Waals surface area contributed by atoms with Crippen LogP contribution in [0.5, 0.6) is 0 Å². The molecule has 32 heavy (non-hydrogen) atoms. The Morgan fingerprint density at radius 2 is 1.91 bits per heavy atom. The van der Waals surface area contributed by atoms with Crippen molar-refractivity contribution in [1.82, 2.24) is 19.7 Å². The molecule has 4 nitrogen and oxygen atoms in total. The highest BCUT2D eigenvalue weighted by molar-refractivity contribution is 5.83. The number of pyridine rings is 1. The Labute approximate surface area is 189 Å². The molecule has 3 aromatic rings. The lowest BCUT2D eigenvalue weighted by Gasteiger charge is -2.23. The lowest BCUT2D eigenvalue weighted by atomic mass is 9.89. The molecule has 3 heterocycles. The van der Waals surface area contributed by atoms with Gasteiger partial charge in [0.1, 0.15) is 6.67 Å². The lowest BCUT2D eigenvalue weighted by Crippen LogP contribution is -2.19. The summed E-state index contributed by atoms with van der Waals surface area (Å²) in [6, 6.07) is 8.45. The molecule has 1 aromatic carbocycles. The van der Waals surface area contributed by atoms with Crippen LogP contribution in [0.4, 0.5) is 4.39 Å². The van der Waals surface area contributed by atoms with Crippen LogP contribution in [0.15, 0.2) is 43.2 Å². The van der Waals surface area contributed by atoms with Crippen molar-refractivity contribution in [1.29, 1.82) is 0 Å². The summed E-state index contributed by atoms with van der Waals surface area (Å²) in [6.45, 7) is 9.75. The van der Waals surface area contributed by atoms with Gasteiger partial charge < -0.3 is 4.90 Å². The van der Waals surface area contributed by atoms with Crippen LogP contribution in [0.2, 0.25) is 0 Å². The first-order valence-electron chi connectivity index (χ1n) is 11.5. The molecular weight excluding hydrogens is 399 g/mol. The third kappa shape index (κ3) is 3.64. The number of rotatable bonds is 5. The van der Waals surface area contributed by atoms with Gasteiger partial charge in [0.15, 0.2) is 0 Å². The van der Waals surface area contributed by atoms with Gasteiger partial charge in [-0.25, -0.2) is 9.37 Å². The number of hydrogen-bond acceptors (Lipinski definition) is 3. The van der Waals surface area contributed by atoms with Crippen LogP contribution < -0.4 is 0 Å². The fourth-order valence-corrected chi connectivity index (χ4v) is 5.28. The monoisotopic (exact) mass is 430 g/mol. The lowest BCUT2D eigenvalue weighted by molar-refractivity contribution is 0.268. The van der Waals surface area contributed by atoms with E-state index in [1.165, 1.54) is 31.2 Å². The SMILES string of the molecule is C=C1c2cc(-c3nc(CF)c(C)cc3-c3cnn(CC4(C)CCCC4)c3)ccc2CN1C. The maximum atomic E-state index is 13.7. The summed E-state index contributed by atoms with van der Waals surface area (Å²) < 4.78 is 15.8. The zero-order chi connectivity index (χ0) is 22.5. The van der Waals surface area contributed by atoms with Crippen LogP contribution >= 0.6 is 0 Å². The van der Waals surface area contributed by atoms with Crippen LogP contribution in [-0.2, 0) is 19.8 Å². The quantitative estimate of drug-likeness (QED) is 0.470. The zero-order valence-electron chi connectivity index (χ0n) is 19.3. The van der Waals surface area contributed by atoms with Crippen LogP contribution in [-0.4, -0.2) is 26.7 Å². The Morgan fingerprint density at radius 3 is 2.66 bits per heavy atom. The van der Waals surface area contributed by atoms with Gasteiger partial charge in [0.25, 0.3) is 0 Å². The first kappa shape index (κ1) is 20.9. The fraction of sp³-hybridized carbons (Fsp3) is 0.407. The highest BCUT2D eigenvalue weighted by atomic mass is 19.1. The Bertz CT molecular complexity index is 1190. The number of fused-ring (bicyclic) bond motifs is 1. The second-order valence-electron chi connectivity index (χ2n) is 9.90. The highest BCUT2D eigenvalue weighted by Gasteiger charge is 2.29. The summed E-state index contributed by atoms with van der Waals surface area (Å²) in [5.41, 5.74) is 8.92. The Hall–Kier alpha value is -2.95. The molecule has 5 heteroatoms. The molecule has 1 fully saturated rings. The van der Waals surface area contributed by atoms with E-state index in [0.29, 0.717) is 11.1 Å². The largest absolute Gasteiger partial charge is 0.370 e. The van der Waals surface area contributed by atoms with Gasteiger partial charge in [-0.15, -0.1) is 0 Å². The third-order valence-corrected chi connectivity index (χ3v) is 7.31. The highest BCUT2D eigenvalue weighted by Crippen LogP contribution is 2.40. The van der Waals surface area contributed by atoms with Gasteiger partial charge in [-0.05, 0) is 48.4 Å². The molecular formula is C27H31FN4. The normalized spacial score (nSPS) is 17.2. The molecule has 0 N–H and O–H groups in total. The second kappa shape index (κ2) is 7.88. The van der Waals surface area contributed by atoms with Crippen LogP contribution in [0.25, 0.3) is 28.1 Å². The summed E-state index contributed by atoms with van der Waals surface area (Å²) in [6.07, 6.45) is 9.18. The number of halogens is 1. The predicted octanol–water partition coefficient (Wildman–Crippen LogP) is 6.39. The summed E-state index contributed by atoms with van der Waals surface area (Å²) >= 11 is 0. The molecule has 2 aromatic heterocycles. The van der Waals surface area contributed by atoms with E-state index in [1.807, 2.05) is 13.1 Å². The maximum absolute atomic E-state index is 13.7. The van der Waals surface area contributed by atoms with E-state index in [-0.39, 0.29) is 0 Å². The van der Waals surface area contributed by atoms with Crippen LogP contribution in [0.3, 0.4) is 0 Å². The predicted molar refractivity (Wildman–Crippen MR) is 128 cm³/mol. The topological polar surface area (TPSA) is 34.0 Å². The molecule has 166 valence electrons. The van der Waals surface area contributed by atoms with Crippen molar-refractivity contribution in [3.8, 4) is 22.4 Å². The van der Waals surface area contributed by atoms with Crippen molar-refractivity contribution in [2.75, 3.05) is 7.05 Å². The number of aromatic nitrogens is 3. The molecule has 0 unspecified atom stereocenters. The van der Waals surface area contributed by atoms with Crippen molar-refractivity contribution in [3.63, 3.8) is 0 Å². The Balaban J connectivity index is 1.57. The summed E-state index contributed by atoms with van der Waals surface area (Å²) in [4.78, 5) is 6.93. The van der Waals surface area contributed by atoms with Gasteiger partial charge in [-0.2, -0.15) is 5.10 Å². The van der Waals surface area contributed by atoms with E-state index in [4.69, 9.17) is 4.98 Å². The smallest absolute Gasteiger partial charge is 0.132 e. The minimum absolute atomic E-state index is 0.324. The molecule has 5 rings (SSSR count). The molecule has 0 spiro atoms. The van der Waals surface area contributed by atoms with Crippen LogP contribution in [0.1, 0.15) is 55.0 Å². The van der Waals surface area contributed by atoms with Gasteiger partial charge in [0.05, 0.1) is 17.6 Å². The summed E-state index contributed by atoms with van der Waals surface area (Å²) in [5, 5.41) is 4.68. The van der Waals surface area contributed by atoms with Gasteiger partial charge in [0.2, 0.25) is 0 Å². The third-order valence-electron chi connectivity index (χ3n) is 7.31. The van der Waals surface area contributed by atoms with Crippen molar-refractivity contribution in [2.24, 2.45) is 5.41 Å². The van der Waals surface area contributed by atoms with E-state index < -0.39 is 6.67 Å². The molecule has 0 amide bonds. The standard InChI is InChI=1S/C27H31FN4/c1-18-11-24(22-14-29-32(16-22)17-27(3)9-5-6-10-27)26(30-25(18)13-28)20-7-8-21-15-31(4)19(2)23(21)12-20/h7-8,11-12,14,16H,2,5-6,9-10,13,15,17H2,1,3-4H3.